The number of amides is 1. The lowest BCUT2D eigenvalue weighted by Gasteiger charge is -2.06. The van der Waals surface area contributed by atoms with Gasteiger partial charge in [-0.05, 0) is 12.1 Å². The van der Waals surface area contributed by atoms with E-state index in [1.807, 2.05) is 31.2 Å². The highest BCUT2D eigenvalue weighted by molar-refractivity contribution is 6.07. The number of H-pyrrole nitrogens is 1. The molecule has 2 heterocycles. The Morgan fingerprint density at radius 1 is 1.35 bits per heavy atom. The molecule has 6 nitrogen and oxygen atoms in total. The first kappa shape index (κ1) is 12.3. The predicted molar refractivity (Wildman–Crippen MR) is 75.5 cm³/mol. The average molecular weight is 267 g/mol. The Kier molecular flexibility index (Phi) is 3.12. The molecule has 1 aromatic carbocycles. The Morgan fingerprint density at radius 2 is 2.25 bits per heavy atom. The van der Waals surface area contributed by atoms with E-state index in [0.717, 1.165) is 16.5 Å². The molecule has 0 bridgehead atoms. The maximum absolute atomic E-state index is 12.1. The minimum absolute atomic E-state index is 0.146. The number of aromatic amines is 1. The molecular formula is C14H13N5O. The van der Waals surface area contributed by atoms with Crippen LogP contribution in [0.5, 0.6) is 0 Å². The number of carbonyl (C=O) groups excluding carboxylic acids is 1. The summed E-state index contributed by atoms with van der Waals surface area (Å²) in [7, 11) is 0. The number of hydrogen-bond donors (Lipinski definition) is 2. The second-order valence-corrected chi connectivity index (χ2v) is 4.32. The van der Waals surface area contributed by atoms with E-state index >= 15 is 0 Å². The van der Waals surface area contributed by atoms with E-state index in [2.05, 4.69) is 25.5 Å². The normalized spacial score (nSPS) is 10.7. The molecule has 0 spiro atoms. The van der Waals surface area contributed by atoms with Crippen molar-refractivity contribution in [3.05, 3.63) is 48.3 Å². The first-order valence-electron chi connectivity index (χ1n) is 6.33. The summed E-state index contributed by atoms with van der Waals surface area (Å²) >= 11 is 0. The van der Waals surface area contributed by atoms with E-state index in [0.29, 0.717) is 12.2 Å². The lowest BCUT2D eigenvalue weighted by Crippen LogP contribution is -2.14. The van der Waals surface area contributed by atoms with Crippen molar-refractivity contribution >= 4 is 22.4 Å². The molecule has 2 aromatic heterocycles. The van der Waals surface area contributed by atoms with Crippen LogP contribution in [0.15, 0.2) is 36.7 Å². The van der Waals surface area contributed by atoms with Crippen molar-refractivity contribution in [1.82, 2.24) is 20.2 Å². The van der Waals surface area contributed by atoms with E-state index in [4.69, 9.17) is 0 Å². The Balaban J connectivity index is 1.91. The topological polar surface area (TPSA) is 83.6 Å². The third-order valence-electron chi connectivity index (χ3n) is 3.00. The Morgan fingerprint density at radius 3 is 3.05 bits per heavy atom. The number of hydrogen-bond acceptors (Lipinski definition) is 4. The van der Waals surface area contributed by atoms with Crippen molar-refractivity contribution in [3.63, 3.8) is 0 Å². The van der Waals surface area contributed by atoms with Crippen LogP contribution in [0.3, 0.4) is 0 Å². The van der Waals surface area contributed by atoms with Crippen LogP contribution in [0, 0.1) is 0 Å². The van der Waals surface area contributed by atoms with Crippen LogP contribution >= 0.6 is 0 Å². The zero-order chi connectivity index (χ0) is 13.9. The number of nitrogens with zero attached hydrogens (tertiary/aromatic N) is 3. The van der Waals surface area contributed by atoms with Gasteiger partial charge in [0, 0.05) is 35.3 Å². The lowest BCUT2D eigenvalue weighted by atomic mass is 10.1. The van der Waals surface area contributed by atoms with Crippen molar-refractivity contribution in [2.45, 2.75) is 13.3 Å². The van der Waals surface area contributed by atoms with E-state index in [1.54, 1.807) is 12.4 Å². The van der Waals surface area contributed by atoms with Gasteiger partial charge in [0.2, 0.25) is 5.82 Å². The van der Waals surface area contributed by atoms with E-state index in [-0.39, 0.29) is 11.7 Å². The molecule has 0 aliphatic heterocycles. The molecule has 6 heteroatoms. The van der Waals surface area contributed by atoms with Gasteiger partial charge in [0.05, 0.1) is 0 Å². The van der Waals surface area contributed by atoms with Gasteiger partial charge in [0.1, 0.15) is 5.82 Å². The van der Waals surface area contributed by atoms with Gasteiger partial charge in [0.15, 0.2) is 0 Å². The van der Waals surface area contributed by atoms with Gasteiger partial charge in [-0.2, -0.15) is 0 Å². The van der Waals surface area contributed by atoms with Gasteiger partial charge in [-0.3, -0.25) is 14.9 Å². The van der Waals surface area contributed by atoms with Crippen molar-refractivity contribution in [2.75, 3.05) is 5.32 Å². The average Bonchev–Trinajstić information content (AvgIpc) is 2.97. The fourth-order valence-corrected chi connectivity index (χ4v) is 1.96. The van der Waals surface area contributed by atoms with E-state index in [9.17, 15) is 4.79 Å². The number of carbonyl (C=O) groups is 1. The number of aromatic nitrogens is 4. The Hall–Kier alpha value is -2.76. The van der Waals surface area contributed by atoms with Crippen molar-refractivity contribution in [2.24, 2.45) is 0 Å². The maximum Gasteiger partial charge on any atom is 0.295 e. The molecule has 0 aliphatic rings. The van der Waals surface area contributed by atoms with E-state index in [1.165, 1.54) is 0 Å². The number of nitrogens with one attached hydrogen (secondary N) is 2. The second kappa shape index (κ2) is 5.08. The molecule has 0 atom stereocenters. The molecule has 1 amide bonds. The SMILES string of the molecule is CCc1nc(C(=O)Nc2cccc3cnccc23)n[nH]1. The van der Waals surface area contributed by atoms with Crippen molar-refractivity contribution < 1.29 is 4.79 Å². The van der Waals surface area contributed by atoms with Crippen LogP contribution < -0.4 is 5.32 Å². The third kappa shape index (κ3) is 2.23. The summed E-state index contributed by atoms with van der Waals surface area (Å²) in [4.78, 5) is 20.3. The second-order valence-electron chi connectivity index (χ2n) is 4.32. The van der Waals surface area contributed by atoms with Crippen molar-refractivity contribution in [1.29, 1.82) is 0 Å². The number of rotatable bonds is 3. The van der Waals surface area contributed by atoms with Gasteiger partial charge in [-0.25, -0.2) is 4.98 Å². The Labute approximate surface area is 115 Å². The van der Waals surface area contributed by atoms with Gasteiger partial charge in [0.25, 0.3) is 5.91 Å². The maximum atomic E-state index is 12.1. The largest absolute Gasteiger partial charge is 0.319 e. The molecular weight excluding hydrogens is 254 g/mol. The fourth-order valence-electron chi connectivity index (χ4n) is 1.96. The molecule has 0 fully saturated rings. The lowest BCUT2D eigenvalue weighted by molar-refractivity contribution is 0.101. The number of aryl methyl sites for hydroxylation is 1. The molecule has 0 saturated heterocycles. The van der Waals surface area contributed by atoms with Gasteiger partial charge >= 0.3 is 0 Å². The van der Waals surface area contributed by atoms with Crippen LogP contribution in [0.25, 0.3) is 10.8 Å². The summed E-state index contributed by atoms with van der Waals surface area (Å²) in [5, 5.41) is 11.4. The molecule has 0 radical (unpaired) electrons. The van der Waals surface area contributed by atoms with Crippen LogP contribution in [0.2, 0.25) is 0 Å². The highest BCUT2D eigenvalue weighted by Gasteiger charge is 2.13. The molecule has 0 aliphatic carbocycles. The first-order chi connectivity index (χ1) is 9.78. The number of pyridine rings is 1. The van der Waals surface area contributed by atoms with E-state index < -0.39 is 0 Å². The van der Waals surface area contributed by atoms with Crippen molar-refractivity contribution in [3.8, 4) is 0 Å². The molecule has 2 N–H and O–H groups in total. The number of anilines is 1. The summed E-state index contributed by atoms with van der Waals surface area (Å²) in [5.41, 5.74) is 0.720. The quantitative estimate of drug-likeness (QED) is 0.761. The van der Waals surface area contributed by atoms with Crippen LogP contribution in [-0.2, 0) is 6.42 Å². The Bertz CT molecular complexity index is 760. The predicted octanol–water partition coefficient (Wildman–Crippen LogP) is 2.17. The minimum atomic E-state index is -0.328. The fraction of sp³-hybridized carbons (Fsp3) is 0.143. The zero-order valence-electron chi connectivity index (χ0n) is 10.9. The first-order valence-corrected chi connectivity index (χ1v) is 6.33. The molecule has 0 saturated carbocycles. The standard InChI is InChI=1S/C14H13N5O/c1-2-12-17-13(19-18-12)14(20)16-11-5-3-4-9-8-15-7-6-10(9)11/h3-8H,2H2,1H3,(H,16,20)(H,17,18,19). The van der Waals surface area contributed by atoms with Crippen LogP contribution in [-0.4, -0.2) is 26.1 Å². The summed E-state index contributed by atoms with van der Waals surface area (Å²) in [6, 6.07) is 7.52. The smallest absolute Gasteiger partial charge is 0.295 e. The molecule has 0 unspecified atom stereocenters. The number of fused-ring (bicyclic) bond motifs is 1. The summed E-state index contributed by atoms with van der Waals surface area (Å²) in [5.74, 6) is 0.510. The number of benzene rings is 1. The molecule has 100 valence electrons. The zero-order valence-corrected chi connectivity index (χ0v) is 10.9. The summed E-state index contributed by atoms with van der Waals surface area (Å²) < 4.78 is 0. The van der Waals surface area contributed by atoms with Gasteiger partial charge in [-0.1, -0.05) is 19.1 Å². The highest BCUT2D eigenvalue weighted by atomic mass is 16.2. The monoisotopic (exact) mass is 267 g/mol. The molecule has 3 rings (SSSR count). The molecule has 20 heavy (non-hydrogen) atoms. The minimum Gasteiger partial charge on any atom is -0.319 e. The van der Waals surface area contributed by atoms with Crippen LogP contribution in [0.4, 0.5) is 5.69 Å². The summed E-state index contributed by atoms with van der Waals surface area (Å²) in [6.45, 7) is 1.94. The van der Waals surface area contributed by atoms with Gasteiger partial charge < -0.3 is 5.32 Å². The highest BCUT2D eigenvalue weighted by Crippen LogP contribution is 2.22. The molecule has 3 aromatic rings. The van der Waals surface area contributed by atoms with Gasteiger partial charge in [-0.15, -0.1) is 5.10 Å². The summed E-state index contributed by atoms with van der Waals surface area (Å²) in [6.07, 6.45) is 4.16. The van der Waals surface area contributed by atoms with Crippen LogP contribution in [0.1, 0.15) is 23.4 Å². The third-order valence-corrected chi connectivity index (χ3v) is 3.00.